The highest BCUT2D eigenvalue weighted by atomic mass is 35.5. The maximum Gasteiger partial charge on any atom is 0.328 e. The number of thiophene rings is 1. The Bertz CT molecular complexity index is 1200. The third-order valence-corrected chi connectivity index (χ3v) is 6.23. The van der Waals surface area contributed by atoms with Gasteiger partial charge in [0.25, 0.3) is 5.56 Å². The molecule has 0 saturated carbocycles. The average molecular weight is 428 g/mol. The van der Waals surface area contributed by atoms with Crippen molar-refractivity contribution < 1.29 is 14.7 Å². The first-order chi connectivity index (χ1) is 13.7. The molecular formula is C22H18ClNO4S. The van der Waals surface area contributed by atoms with Crippen LogP contribution < -0.4 is 5.56 Å². The molecule has 0 aliphatic rings. The fourth-order valence-corrected chi connectivity index (χ4v) is 4.35. The molecule has 0 fully saturated rings. The highest BCUT2D eigenvalue weighted by Gasteiger charge is 2.24. The van der Waals surface area contributed by atoms with Crippen molar-refractivity contribution in [3.63, 3.8) is 0 Å². The van der Waals surface area contributed by atoms with Gasteiger partial charge in [-0.25, -0.2) is 4.79 Å². The summed E-state index contributed by atoms with van der Waals surface area (Å²) in [6, 6.07) is 6.66. The molecule has 5 nitrogen and oxygen atoms in total. The molecule has 0 bridgehead atoms. The van der Waals surface area contributed by atoms with Crippen LogP contribution in [-0.2, 0) is 4.79 Å². The number of halogens is 1. The molecule has 148 valence electrons. The van der Waals surface area contributed by atoms with Crippen molar-refractivity contribution in [3.05, 3.63) is 84.6 Å². The third kappa shape index (κ3) is 4.09. The van der Waals surface area contributed by atoms with Gasteiger partial charge in [0.15, 0.2) is 5.78 Å². The normalized spacial score (nSPS) is 11.2. The molecule has 1 aromatic carbocycles. The van der Waals surface area contributed by atoms with Crippen LogP contribution in [0.25, 0.3) is 16.5 Å². The minimum absolute atomic E-state index is 0.157. The lowest BCUT2D eigenvalue weighted by molar-refractivity contribution is -0.131. The number of carbonyl (C=O) groups excluding carboxylic acids is 1. The van der Waals surface area contributed by atoms with Gasteiger partial charge >= 0.3 is 5.97 Å². The van der Waals surface area contributed by atoms with Gasteiger partial charge in [-0.3, -0.25) is 9.59 Å². The number of carbonyl (C=O) groups is 2. The van der Waals surface area contributed by atoms with Gasteiger partial charge in [-0.15, -0.1) is 11.3 Å². The van der Waals surface area contributed by atoms with E-state index < -0.39 is 5.97 Å². The summed E-state index contributed by atoms with van der Waals surface area (Å²) in [5.41, 5.74) is 3.04. The summed E-state index contributed by atoms with van der Waals surface area (Å²) in [6.07, 6.45) is 3.91. The topological polar surface area (TPSA) is 87.2 Å². The van der Waals surface area contributed by atoms with E-state index in [0.29, 0.717) is 37.7 Å². The summed E-state index contributed by atoms with van der Waals surface area (Å²) in [5.74, 6) is -1.28. The number of benzene rings is 1. The molecule has 3 aromatic rings. The number of carboxylic acid groups (broad SMARTS) is 1. The summed E-state index contributed by atoms with van der Waals surface area (Å²) < 4.78 is 0. The predicted molar refractivity (Wildman–Crippen MR) is 116 cm³/mol. The van der Waals surface area contributed by atoms with Crippen molar-refractivity contribution in [3.8, 4) is 10.4 Å². The summed E-state index contributed by atoms with van der Waals surface area (Å²) >= 11 is 7.37. The number of ketones is 1. The highest BCUT2D eigenvalue weighted by Crippen LogP contribution is 2.39. The van der Waals surface area contributed by atoms with Crippen LogP contribution in [0, 0.1) is 20.8 Å². The Kier molecular flexibility index (Phi) is 5.86. The molecule has 0 spiro atoms. The Balaban J connectivity index is 2.26. The summed E-state index contributed by atoms with van der Waals surface area (Å²) in [7, 11) is 0. The fourth-order valence-electron chi connectivity index (χ4n) is 3.04. The second-order valence-electron chi connectivity index (χ2n) is 6.57. The van der Waals surface area contributed by atoms with Crippen LogP contribution in [0.2, 0.25) is 5.02 Å². The smallest absolute Gasteiger partial charge is 0.328 e. The zero-order valence-electron chi connectivity index (χ0n) is 16.0. The lowest BCUT2D eigenvalue weighted by Gasteiger charge is -2.10. The van der Waals surface area contributed by atoms with Gasteiger partial charge in [-0.1, -0.05) is 11.6 Å². The maximum atomic E-state index is 13.3. The molecule has 0 saturated heterocycles. The van der Waals surface area contributed by atoms with Gasteiger partial charge in [0, 0.05) is 49.3 Å². The van der Waals surface area contributed by atoms with E-state index in [1.165, 1.54) is 23.6 Å². The van der Waals surface area contributed by atoms with Gasteiger partial charge in [0.05, 0.1) is 0 Å². The van der Waals surface area contributed by atoms with E-state index in [1.54, 1.807) is 31.2 Å². The number of hydrogen-bond acceptors (Lipinski definition) is 4. The number of hydrogen-bond donors (Lipinski definition) is 2. The number of aliphatic carboxylic acids is 1. The quantitative estimate of drug-likeness (QED) is 0.442. The molecule has 0 radical (unpaired) electrons. The third-order valence-electron chi connectivity index (χ3n) is 4.74. The molecule has 0 aliphatic heterocycles. The number of aryl methyl sites for hydroxylation is 1. The first kappa shape index (κ1) is 20.8. The largest absolute Gasteiger partial charge is 0.478 e. The van der Waals surface area contributed by atoms with E-state index in [-0.39, 0.29) is 11.3 Å². The van der Waals surface area contributed by atoms with Gasteiger partial charge < -0.3 is 10.1 Å². The Hall–Kier alpha value is -2.96. The number of nitrogens with one attached hydrogen (secondary N) is 1. The summed E-state index contributed by atoms with van der Waals surface area (Å²) in [5, 5.41) is 9.56. The van der Waals surface area contributed by atoms with Crippen LogP contribution in [0.3, 0.4) is 0 Å². The van der Waals surface area contributed by atoms with Gasteiger partial charge in [0.2, 0.25) is 0 Å². The monoisotopic (exact) mass is 427 g/mol. The molecule has 2 aromatic heterocycles. The molecule has 29 heavy (non-hydrogen) atoms. The SMILES string of the molecule is Cc1sc(-c2c[nH]c(=O)c(C)c2C=CC(=O)O)c(C(=O)c2ccc(Cl)cc2)c1C. The van der Waals surface area contributed by atoms with E-state index in [1.807, 2.05) is 13.8 Å². The Morgan fingerprint density at radius 1 is 1.10 bits per heavy atom. The van der Waals surface area contributed by atoms with Crippen molar-refractivity contribution >= 4 is 40.8 Å². The first-order valence-corrected chi connectivity index (χ1v) is 9.94. The molecule has 0 unspecified atom stereocenters. The van der Waals surface area contributed by atoms with E-state index in [2.05, 4.69) is 4.98 Å². The van der Waals surface area contributed by atoms with Gasteiger partial charge in [0.1, 0.15) is 0 Å². The van der Waals surface area contributed by atoms with Crippen molar-refractivity contribution in [2.24, 2.45) is 0 Å². The Labute approximate surface area is 176 Å². The number of rotatable bonds is 5. The fraction of sp³-hybridized carbons (Fsp3) is 0.136. The zero-order valence-corrected chi connectivity index (χ0v) is 17.6. The van der Waals surface area contributed by atoms with Crippen molar-refractivity contribution in [2.75, 3.05) is 0 Å². The highest BCUT2D eigenvalue weighted by molar-refractivity contribution is 7.16. The zero-order chi connectivity index (χ0) is 21.3. The number of aromatic amines is 1. The molecule has 7 heteroatoms. The van der Waals surface area contributed by atoms with E-state index in [9.17, 15) is 14.4 Å². The molecule has 0 amide bonds. The Morgan fingerprint density at radius 2 is 1.76 bits per heavy atom. The predicted octanol–water partition coefficient (Wildman–Crippen LogP) is 5.01. The summed E-state index contributed by atoms with van der Waals surface area (Å²) in [4.78, 5) is 40.8. The Morgan fingerprint density at radius 3 is 2.38 bits per heavy atom. The molecular weight excluding hydrogens is 410 g/mol. The van der Waals surface area contributed by atoms with Crippen LogP contribution in [-0.4, -0.2) is 21.8 Å². The van der Waals surface area contributed by atoms with E-state index in [0.717, 1.165) is 16.5 Å². The van der Waals surface area contributed by atoms with E-state index >= 15 is 0 Å². The molecule has 3 rings (SSSR count). The first-order valence-electron chi connectivity index (χ1n) is 8.74. The lowest BCUT2D eigenvalue weighted by atomic mass is 9.94. The van der Waals surface area contributed by atoms with Crippen LogP contribution in [0.5, 0.6) is 0 Å². The number of pyridine rings is 1. The van der Waals surface area contributed by atoms with Crippen molar-refractivity contribution in [2.45, 2.75) is 20.8 Å². The minimum Gasteiger partial charge on any atom is -0.478 e. The number of aromatic nitrogens is 1. The number of H-pyrrole nitrogens is 1. The second-order valence-corrected chi connectivity index (χ2v) is 8.23. The maximum absolute atomic E-state index is 13.3. The van der Waals surface area contributed by atoms with Crippen LogP contribution in [0.1, 0.15) is 37.5 Å². The molecule has 2 heterocycles. The molecule has 0 aliphatic carbocycles. The van der Waals surface area contributed by atoms with Crippen molar-refractivity contribution in [1.29, 1.82) is 0 Å². The van der Waals surface area contributed by atoms with Crippen molar-refractivity contribution in [1.82, 2.24) is 4.98 Å². The molecule has 2 N–H and O–H groups in total. The van der Waals surface area contributed by atoms with Gasteiger partial charge in [-0.2, -0.15) is 0 Å². The second kappa shape index (κ2) is 8.19. The van der Waals surface area contributed by atoms with Gasteiger partial charge in [-0.05, 0) is 62.2 Å². The molecule has 0 atom stereocenters. The average Bonchev–Trinajstić information content (AvgIpc) is 2.97. The lowest BCUT2D eigenvalue weighted by Crippen LogP contribution is -2.12. The van der Waals surface area contributed by atoms with Crippen LogP contribution in [0.4, 0.5) is 0 Å². The van der Waals surface area contributed by atoms with E-state index in [4.69, 9.17) is 16.7 Å². The van der Waals surface area contributed by atoms with Crippen LogP contribution in [0.15, 0.2) is 41.3 Å². The van der Waals surface area contributed by atoms with Crippen LogP contribution >= 0.6 is 22.9 Å². The summed E-state index contributed by atoms with van der Waals surface area (Å²) in [6.45, 7) is 5.43. The minimum atomic E-state index is -1.12. The standard InChI is InChI=1S/C22H18ClNO4S/c1-11-13(3)29-21(19(11)20(27)14-4-6-15(23)7-5-14)17-10-24-22(28)12(2)16(17)8-9-18(25)26/h4-10H,1-3H3,(H,24,28)(H,25,26). The number of carboxylic acids is 1.